The molecule has 258 valence electrons. The number of benzene rings is 1. The fraction of sp³-hybridized carbons (Fsp3) is 0.500. The predicted octanol–water partition coefficient (Wildman–Crippen LogP) is 0.192. The van der Waals surface area contributed by atoms with Gasteiger partial charge in [-0.2, -0.15) is 8.42 Å². The Morgan fingerprint density at radius 1 is 0.851 bits per heavy atom. The van der Waals surface area contributed by atoms with Crippen LogP contribution in [0.4, 0.5) is 5.69 Å². The maximum atomic E-state index is 13.1. The molecule has 0 aliphatic carbocycles. The van der Waals surface area contributed by atoms with E-state index < -0.39 is 81.3 Å². The van der Waals surface area contributed by atoms with Crippen LogP contribution in [-0.4, -0.2) is 89.7 Å². The minimum Gasteiger partial charge on any atom is -0.461 e. The van der Waals surface area contributed by atoms with Crippen LogP contribution in [0, 0.1) is 5.92 Å². The molecular weight excluding hydrogens is 638 g/mol. The maximum absolute atomic E-state index is 13.1. The summed E-state index contributed by atoms with van der Waals surface area (Å²) in [6.45, 7) is 6.14. The lowest BCUT2D eigenvalue weighted by Crippen LogP contribution is -2.58. The highest BCUT2D eigenvalue weighted by Crippen LogP contribution is 2.12. The summed E-state index contributed by atoms with van der Waals surface area (Å²) in [6.07, 6.45) is 3.38. The van der Waals surface area contributed by atoms with E-state index in [0.717, 1.165) is 4.90 Å². The number of hydrogen-bond acceptors (Lipinski definition) is 10. The minimum atomic E-state index is -4.74. The van der Waals surface area contributed by atoms with Crippen molar-refractivity contribution in [3.05, 3.63) is 42.0 Å². The van der Waals surface area contributed by atoms with Gasteiger partial charge in [-0.05, 0) is 43.4 Å². The Labute approximate surface area is 272 Å². The highest BCUT2D eigenvalue weighted by molar-refractivity contribution is 7.85. The van der Waals surface area contributed by atoms with E-state index in [-0.39, 0.29) is 19.6 Å². The van der Waals surface area contributed by atoms with Gasteiger partial charge in [0.2, 0.25) is 23.6 Å². The molecule has 47 heavy (non-hydrogen) atoms. The van der Waals surface area contributed by atoms with Crippen LogP contribution in [0.3, 0.4) is 0 Å². The fourth-order valence-electron chi connectivity index (χ4n) is 4.32. The van der Waals surface area contributed by atoms with Crippen molar-refractivity contribution in [3.63, 3.8) is 0 Å². The zero-order valence-electron chi connectivity index (χ0n) is 26.6. The molecular formula is C30H41N5O11S. The van der Waals surface area contributed by atoms with Gasteiger partial charge in [0.25, 0.3) is 21.9 Å². The molecule has 1 aromatic rings. The van der Waals surface area contributed by atoms with Gasteiger partial charge in [-0.3, -0.25) is 43.0 Å². The summed E-state index contributed by atoms with van der Waals surface area (Å²) < 4.78 is 37.6. The number of carbonyl (C=O) groups excluding carboxylic acids is 7. The zero-order valence-corrected chi connectivity index (χ0v) is 27.4. The molecule has 1 unspecified atom stereocenters. The molecule has 16 nitrogen and oxygen atoms in total. The Bertz CT molecular complexity index is 1460. The topological polar surface area (TPSA) is 234 Å². The molecule has 0 fully saturated rings. The minimum absolute atomic E-state index is 0.0679. The first-order valence-corrected chi connectivity index (χ1v) is 16.5. The standard InChI is InChI=1S/C30H41N5O11S/c1-18(2)27(30(42)31-19(3)28(40)32-22-11-9-21(10-12-22)16-46-20(4)36)34-29(41)23(17-47(43,44)45)33-24(37)8-6-5-7-15-35-25(38)13-14-26(35)39/h9-14,18-19,23,27H,5-8,15-17H2,1-4H3,(H,31,42)(H,32,40)(H,33,37)(H,34,41)(H,43,44,45)/t19-,23-,27?/m0/s1. The molecule has 1 aliphatic heterocycles. The Hall–Kier alpha value is -4.64. The quantitative estimate of drug-likeness (QED) is 0.0608. The third-order valence-electron chi connectivity index (χ3n) is 6.88. The smallest absolute Gasteiger partial charge is 0.302 e. The predicted molar refractivity (Wildman–Crippen MR) is 168 cm³/mol. The lowest BCUT2D eigenvalue weighted by Gasteiger charge is -2.26. The van der Waals surface area contributed by atoms with Gasteiger partial charge in [-0.25, -0.2) is 0 Å². The van der Waals surface area contributed by atoms with Crippen molar-refractivity contribution in [2.45, 2.75) is 78.1 Å². The number of ether oxygens (including phenoxy) is 1. The number of esters is 1. The molecule has 3 atom stereocenters. The summed E-state index contributed by atoms with van der Waals surface area (Å²) in [5.74, 6) is -6.03. The molecule has 0 saturated heterocycles. The van der Waals surface area contributed by atoms with Gasteiger partial charge in [0, 0.05) is 37.7 Å². The van der Waals surface area contributed by atoms with E-state index in [9.17, 15) is 46.5 Å². The number of amides is 6. The van der Waals surface area contributed by atoms with E-state index in [4.69, 9.17) is 4.74 Å². The first kappa shape index (κ1) is 38.5. The monoisotopic (exact) mass is 679 g/mol. The molecule has 0 aromatic heterocycles. The van der Waals surface area contributed by atoms with Crippen LogP contribution in [0.2, 0.25) is 0 Å². The molecule has 1 aliphatic rings. The summed E-state index contributed by atoms with van der Waals surface area (Å²) >= 11 is 0. The lowest BCUT2D eigenvalue weighted by molar-refractivity contribution is -0.142. The first-order chi connectivity index (χ1) is 22.0. The average Bonchev–Trinajstić information content (AvgIpc) is 3.30. The van der Waals surface area contributed by atoms with Gasteiger partial charge in [0.15, 0.2) is 0 Å². The molecule has 0 radical (unpaired) electrons. The Morgan fingerprint density at radius 3 is 2.02 bits per heavy atom. The number of unbranched alkanes of at least 4 members (excludes halogenated alkanes) is 2. The SMILES string of the molecule is CC(=O)OCc1ccc(NC(=O)[C@H](C)NC(=O)C(NC(=O)[C@H](CS(=O)(=O)O)NC(=O)CCCCCN2C(=O)C=CC2=O)C(C)C)cc1. The van der Waals surface area contributed by atoms with Crippen molar-refractivity contribution >= 4 is 57.2 Å². The number of nitrogens with zero attached hydrogens (tertiary/aromatic N) is 1. The molecule has 5 N–H and O–H groups in total. The Morgan fingerprint density at radius 2 is 1.47 bits per heavy atom. The van der Waals surface area contributed by atoms with E-state index in [1.165, 1.54) is 26.0 Å². The van der Waals surface area contributed by atoms with Crippen molar-refractivity contribution in [1.82, 2.24) is 20.9 Å². The van der Waals surface area contributed by atoms with E-state index >= 15 is 0 Å². The molecule has 6 amide bonds. The fourth-order valence-corrected chi connectivity index (χ4v) is 4.98. The third-order valence-corrected chi connectivity index (χ3v) is 7.63. The number of hydrogen-bond donors (Lipinski definition) is 5. The second-order valence-electron chi connectivity index (χ2n) is 11.3. The zero-order chi connectivity index (χ0) is 35.3. The number of carbonyl (C=O) groups is 7. The highest BCUT2D eigenvalue weighted by atomic mass is 32.2. The average molecular weight is 680 g/mol. The van der Waals surface area contributed by atoms with E-state index in [1.54, 1.807) is 38.1 Å². The van der Waals surface area contributed by atoms with Crippen LogP contribution in [0.15, 0.2) is 36.4 Å². The summed E-state index contributed by atoms with van der Waals surface area (Å²) in [5, 5.41) is 9.79. The van der Waals surface area contributed by atoms with Crippen molar-refractivity contribution in [2.75, 3.05) is 17.6 Å². The van der Waals surface area contributed by atoms with Crippen LogP contribution >= 0.6 is 0 Å². The van der Waals surface area contributed by atoms with Crippen molar-refractivity contribution in [3.8, 4) is 0 Å². The van der Waals surface area contributed by atoms with Crippen molar-refractivity contribution < 1.29 is 51.3 Å². The highest BCUT2D eigenvalue weighted by Gasteiger charge is 2.32. The van der Waals surface area contributed by atoms with E-state index in [0.29, 0.717) is 30.5 Å². The molecule has 2 rings (SSSR count). The van der Waals surface area contributed by atoms with Crippen molar-refractivity contribution in [1.29, 1.82) is 0 Å². The first-order valence-electron chi connectivity index (χ1n) is 14.9. The molecule has 1 heterocycles. The largest absolute Gasteiger partial charge is 0.461 e. The van der Waals surface area contributed by atoms with Crippen LogP contribution in [0.5, 0.6) is 0 Å². The van der Waals surface area contributed by atoms with Crippen molar-refractivity contribution in [2.24, 2.45) is 5.92 Å². The van der Waals surface area contributed by atoms with Crippen LogP contribution < -0.4 is 21.3 Å². The Kier molecular flexibility index (Phi) is 14.7. The van der Waals surface area contributed by atoms with Crippen LogP contribution in [0.1, 0.15) is 58.9 Å². The molecule has 17 heteroatoms. The van der Waals surface area contributed by atoms with Gasteiger partial charge in [-0.15, -0.1) is 0 Å². The third kappa shape index (κ3) is 13.7. The van der Waals surface area contributed by atoms with Gasteiger partial charge in [0.1, 0.15) is 30.5 Å². The van der Waals surface area contributed by atoms with Gasteiger partial charge >= 0.3 is 5.97 Å². The Balaban J connectivity index is 1.93. The van der Waals surface area contributed by atoms with Crippen LogP contribution in [-0.2, 0) is 55.0 Å². The number of imide groups is 1. The summed E-state index contributed by atoms with van der Waals surface area (Å²) in [7, 11) is -4.74. The lowest BCUT2D eigenvalue weighted by atomic mass is 10.0. The number of rotatable bonds is 18. The maximum Gasteiger partial charge on any atom is 0.302 e. The summed E-state index contributed by atoms with van der Waals surface area (Å²) in [5.41, 5.74) is 1.11. The van der Waals surface area contributed by atoms with E-state index in [1.807, 2.05) is 0 Å². The molecule has 0 bridgehead atoms. The molecule has 0 saturated carbocycles. The van der Waals surface area contributed by atoms with Crippen LogP contribution in [0.25, 0.3) is 0 Å². The van der Waals surface area contributed by atoms with Gasteiger partial charge in [0.05, 0.1) is 0 Å². The van der Waals surface area contributed by atoms with E-state index in [2.05, 4.69) is 21.3 Å². The van der Waals surface area contributed by atoms with Gasteiger partial charge in [-0.1, -0.05) is 32.4 Å². The normalized spacial score (nSPS) is 14.7. The second-order valence-corrected chi connectivity index (χ2v) is 12.8. The van der Waals surface area contributed by atoms with Gasteiger partial charge < -0.3 is 26.0 Å². The second kappa shape index (κ2) is 17.9. The number of anilines is 1. The molecule has 1 aromatic carbocycles. The number of nitrogens with one attached hydrogen (secondary N) is 4. The molecule has 0 spiro atoms. The summed E-state index contributed by atoms with van der Waals surface area (Å²) in [4.78, 5) is 86.6. The summed E-state index contributed by atoms with van der Waals surface area (Å²) in [6, 6.07) is 2.42.